The van der Waals surface area contributed by atoms with Crippen LogP contribution in [0.2, 0.25) is 0 Å². The number of benzene rings is 2. The zero-order valence-electron chi connectivity index (χ0n) is 18.0. The van der Waals surface area contributed by atoms with Crippen LogP contribution in [0.3, 0.4) is 0 Å². The first-order valence-electron chi connectivity index (χ1n) is 10.4. The Balaban J connectivity index is 1.81. The number of nitrogens with one attached hydrogen (secondary N) is 2. The minimum atomic E-state index is -0.352. The van der Waals surface area contributed by atoms with Gasteiger partial charge in [0.15, 0.2) is 5.75 Å². The first kappa shape index (κ1) is 21.2. The molecular formula is C24H26N4O4. The third kappa shape index (κ3) is 3.82. The SMILES string of the molecule is CN(C)C(=O)c1cccc(Nc2c(NC3=CCCC3)c(O)n(-c3ccccc3)c2O)c1O. The summed E-state index contributed by atoms with van der Waals surface area (Å²) in [6.45, 7) is 0. The third-order valence-electron chi connectivity index (χ3n) is 5.39. The van der Waals surface area contributed by atoms with Gasteiger partial charge in [-0.05, 0) is 43.5 Å². The number of hydrogen-bond acceptors (Lipinski definition) is 6. The second-order valence-corrected chi connectivity index (χ2v) is 7.84. The highest BCUT2D eigenvalue weighted by Gasteiger charge is 2.26. The van der Waals surface area contributed by atoms with E-state index in [2.05, 4.69) is 10.6 Å². The monoisotopic (exact) mass is 434 g/mol. The Morgan fingerprint density at radius 1 is 0.938 bits per heavy atom. The molecule has 166 valence electrons. The zero-order valence-corrected chi connectivity index (χ0v) is 18.0. The number of aromatic hydroxyl groups is 3. The molecule has 0 bridgehead atoms. The van der Waals surface area contributed by atoms with Crippen LogP contribution in [-0.4, -0.2) is 44.8 Å². The lowest BCUT2D eigenvalue weighted by Gasteiger charge is -2.15. The van der Waals surface area contributed by atoms with Gasteiger partial charge in [0, 0.05) is 19.8 Å². The van der Waals surface area contributed by atoms with Gasteiger partial charge < -0.3 is 30.9 Å². The summed E-state index contributed by atoms with van der Waals surface area (Å²) in [4.78, 5) is 13.8. The molecule has 0 radical (unpaired) electrons. The summed E-state index contributed by atoms with van der Waals surface area (Å²) in [5.74, 6) is -1.01. The Hall–Kier alpha value is -4.07. The molecule has 0 aliphatic heterocycles. The molecule has 1 heterocycles. The van der Waals surface area contributed by atoms with E-state index in [-0.39, 0.29) is 46.0 Å². The second-order valence-electron chi connectivity index (χ2n) is 7.84. The smallest absolute Gasteiger partial charge is 0.257 e. The molecule has 2 aromatic carbocycles. The highest BCUT2D eigenvalue weighted by atomic mass is 16.3. The van der Waals surface area contributed by atoms with E-state index in [1.807, 2.05) is 12.1 Å². The standard InChI is InChI=1S/C24H26N4O4/c1-27(2)22(30)17-13-8-14-18(21(17)29)26-20-19(25-15-9-6-7-10-15)23(31)28(24(20)32)16-11-4-3-5-12-16/h3-5,8-9,11-14,25-26,29,31-32H,6-7,10H2,1-2H3. The van der Waals surface area contributed by atoms with E-state index in [1.165, 1.54) is 15.5 Å². The maximum atomic E-state index is 12.4. The van der Waals surface area contributed by atoms with Crippen LogP contribution in [0.4, 0.5) is 17.1 Å². The predicted molar refractivity (Wildman–Crippen MR) is 124 cm³/mol. The van der Waals surface area contributed by atoms with E-state index in [1.54, 1.807) is 50.5 Å². The third-order valence-corrected chi connectivity index (χ3v) is 5.39. The van der Waals surface area contributed by atoms with Crippen molar-refractivity contribution in [1.82, 2.24) is 9.47 Å². The minimum Gasteiger partial charge on any atom is -0.505 e. The van der Waals surface area contributed by atoms with Crippen molar-refractivity contribution < 1.29 is 20.1 Å². The average Bonchev–Trinajstić information content (AvgIpc) is 3.37. The number of allylic oxidation sites excluding steroid dienone is 2. The topological polar surface area (TPSA) is 110 Å². The molecule has 1 aromatic heterocycles. The number of carbonyl (C=O) groups excluding carboxylic acids is 1. The molecule has 0 fully saturated rings. The lowest BCUT2D eigenvalue weighted by molar-refractivity contribution is 0.0824. The van der Waals surface area contributed by atoms with Crippen LogP contribution in [0, 0.1) is 0 Å². The van der Waals surface area contributed by atoms with Crippen molar-refractivity contribution in [2.75, 3.05) is 24.7 Å². The van der Waals surface area contributed by atoms with E-state index in [9.17, 15) is 20.1 Å². The summed E-state index contributed by atoms with van der Waals surface area (Å²) in [7, 11) is 3.20. The predicted octanol–water partition coefficient (Wildman–Crippen LogP) is 4.52. The van der Waals surface area contributed by atoms with E-state index >= 15 is 0 Å². The normalized spacial score (nSPS) is 13.0. The van der Waals surface area contributed by atoms with Gasteiger partial charge in [-0.25, -0.2) is 4.57 Å². The van der Waals surface area contributed by atoms with E-state index in [0.717, 1.165) is 25.0 Å². The minimum absolute atomic E-state index is 0.124. The van der Waals surface area contributed by atoms with Crippen molar-refractivity contribution in [3.63, 3.8) is 0 Å². The number of aromatic nitrogens is 1. The Kier molecular flexibility index (Phi) is 5.68. The Bertz CT molecular complexity index is 1180. The van der Waals surface area contributed by atoms with Crippen LogP contribution in [0.1, 0.15) is 29.6 Å². The number of carbonyl (C=O) groups is 1. The highest BCUT2D eigenvalue weighted by molar-refractivity contribution is 5.99. The van der Waals surface area contributed by atoms with Crippen molar-refractivity contribution in [3.8, 4) is 23.2 Å². The second kappa shape index (κ2) is 8.58. The fourth-order valence-corrected chi connectivity index (χ4v) is 3.74. The average molecular weight is 434 g/mol. The number of rotatable bonds is 6. The summed E-state index contributed by atoms with van der Waals surface area (Å²) in [6.07, 6.45) is 4.82. The van der Waals surface area contributed by atoms with Crippen molar-refractivity contribution >= 4 is 23.0 Å². The molecule has 8 heteroatoms. The van der Waals surface area contributed by atoms with Crippen molar-refractivity contribution in [3.05, 3.63) is 65.9 Å². The molecule has 3 aromatic rings. The van der Waals surface area contributed by atoms with Gasteiger partial charge >= 0.3 is 0 Å². The number of hydrogen-bond donors (Lipinski definition) is 5. The van der Waals surface area contributed by atoms with E-state index in [4.69, 9.17) is 0 Å². The van der Waals surface area contributed by atoms with Crippen LogP contribution < -0.4 is 10.6 Å². The molecule has 8 nitrogen and oxygen atoms in total. The summed E-state index contributed by atoms with van der Waals surface area (Å²) in [5, 5.41) is 39.0. The lowest BCUT2D eigenvalue weighted by atomic mass is 10.1. The van der Waals surface area contributed by atoms with Crippen LogP contribution in [0.25, 0.3) is 5.69 Å². The molecule has 4 rings (SSSR count). The van der Waals surface area contributed by atoms with Gasteiger partial charge in [0.2, 0.25) is 11.8 Å². The molecule has 5 N–H and O–H groups in total. The number of para-hydroxylation sites is 2. The number of amides is 1. The molecule has 0 saturated heterocycles. The summed E-state index contributed by atoms with van der Waals surface area (Å²) < 4.78 is 1.31. The number of anilines is 3. The number of phenols is 1. The maximum Gasteiger partial charge on any atom is 0.257 e. The quantitative estimate of drug-likeness (QED) is 0.365. The van der Waals surface area contributed by atoms with Gasteiger partial charge in [0.1, 0.15) is 11.4 Å². The highest BCUT2D eigenvalue weighted by Crippen LogP contribution is 2.48. The summed E-state index contributed by atoms with van der Waals surface area (Å²) in [5.41, 5.74) is 2.32. The van der Waals surface area contributed by atoms with E-state index in [0.29, 0.717) is 5.69 Å². The number of nitrogens with zero attached hydrogens (tertiary/aromatic N) is 2. The largest absolute Gasteiger partial charge is 0.505 e. The molecule has 1 aliphatic carbocycles. The molecule has 1 amide bonds. The molecule has 0 unspecified atom stereocenters. The fourth-order valence-electron chi connectivity index (χ4n) is 3.74. The van der Waals surface area contributed by atoms with Gasteiger partial charge in [0.25, 0.3) is 5.91 Å². The van der Waals surface area contributed by atoms with Crippen molar-refractivity contribution in [2.24, 2.45) is 0 Å². The molecule has 32 heavy (non-hydrogen) atoms. The van der Waals surface area contributed by atoms with Crippen LogP contribution in [-0.2, 0) is 0 Å². The lowest BCUT2D eigenvalue weighted by Crippen LogP contribution is -2.21. The van der Waals surface area contributed by atoms with Gasteiger partial charge in [-0.2, -0.15) is 0 Å². The first-order chi connectivity index (χ1) is 15.4. The van der Waals surface area contributed by atoms with Gasteiger partial charge in [-0.3, -0.25) is 4.79 Å². The Morgan fingerprint density at radius 3 is 2.25 bits per heavy atom. The zero-order chi connectivity index (χ0) is 22.8. The van der Waals surface area contributed by atoms with Crippen LogP contribution in [0.5, 0.6) is 17.5 Å². The Labute approximate surface area is 186 Å². The van der Waals surface area contributed by atoms with Crippen LogP contribution >= 0.6 is 0 Å². The van der Waals surface area contributed by atoms with Crippen molar-refractivity contribution in [2.45, 2.75) is 19.3 Å². The van der Waals surface area contributed by atoms with E-state index < -0.39 is 0 Å². The Morgan fingerprint density at radius 2 is 1.62 bits per heavy atom. The molecule has 0 atom stereocenters. The maximum absolute atomic E-state index is 12.4. The molecular weight excluding hydrogens is 408 g/mol. The summed E-state index contributed by atoms with van der Waals surface area (Å²) in [6, 6.07) is 13.7. The molecule has 0 saturated carbocycles. The van der Waals surface area contributed by atoms with Gasteiger partial charge in [-0.15, -0.1) is 0 Å². The number of phenolic OH excluding ortho intramolecular Hbond substituents is 1. The first-order valence-corrected chi connectivity index (χ1v) is 10.4. The van der Waals surface area contributed by atoms with Gasteiger partial charge in [-0.1, -0.05) is 30.3 Å². The van der Waals surface area contributed by atoms with Crippen LogP contribution in [0.15, 0.2) is 60.3 Å². The molecule has 0 spiro atoms. The van der Waals surface area contributed by atoms with Gasteiger partial charge in [0.05, 0.1) is 16.9 Å². The molecule has 1 aliphatic rings. The summed E-state index contributed by atoms with van der Waals surface area (Å²) >= 11 is 0. The van der Waals surface area contributed by atoms with Crippen molar-refractivity contribution in [1.29, 1.82) is 0 Å². The fraction of sp³-hybridized carbons (Fsp3) is 0.208.